The summed E-state index contributed by atoms with van der Waals surface area (Å²) in [7, 11) is -3.63. The highest BCUT2D eigenvalue weighted by atomic mass is 35.5. The molecule has 5 nitrogen and oxygen atoms in total. The van der Waals surface area contributed by atoms with E-state index in [2.05, 4.69) is 4.72 Å². The third-order valence-electron chi connectivity index (χ3n) is 3.46. The van der Waals surface area contributed by atoms with Crippen LogP contribution in [0, 0.1) is 11.3 Å². The monoisotopic (exact) mass is 313 g/mol. The van der Waals surface area contributed by atoms with Crippen LogP contribution in [0.15, 0.2) is 23.1 Å². The van der Waals surface area contributed by atoms with E-state index >= 15 is 0 Å². The van der Waals surface area contributed by atoms with Crippen molar-refractivity contribution in [1.82, 2.24) is 4.72 Å². The summed E-state index contributed by atoms with van der Waals surface area (Å²) in [5.41, 5.74) is 5.95. The predicted octanol–water partition coefficient (Wildman–Crippen LogP) is 1.76. The van der Waals surface area contributed by atoms with Gasteiger partial charge in [0.2, 0.25) is 10.0 Å². The zero-order valence-corrected chi connectivity index (χ0v) is 12.4. The largest absolute Gasteiger partial charge is 0.328 e. The normalized spacial score (nSPS) is 23.2. The van der Waals surface area contributed by atoms with Gasteiger partial charge in [-0.05, 0) is 43.9 Å². The van der Waals surface area contributed by atoms with E-state index in [0.717, 1.165) is 25.7 Å². The predicted molar refractivity (Wildman–Crippen MR) is 76.7 cm³/mol. The molecule has 0 spiro atoms. The minimum absolute atomic E-state index is 0.0633. The summed E-state index contributed by atoms with van der Waals surface area (Å²) in [5.74, 6) is 0. The van der Waals surface area contributed by atoms with Gasteiger partial charge in [-0.25, -0.2) is 13.1 Å². The van der Waals surface area contributed by atoms with Gasteiger partial charge in [-0.15, -0.1) is 0 Å². The van der Waals surface area contributed by atoms with Crippen LogP contribution in [0.1, 0.15) is 31.2 Å². The number of rotatable bonds is 3. The summed E-state index contributed by atoms with van der Waals surface area (Å²) in [6.07, 6.45) is 3.10. The van der Waals surface area contributed by atoms with Gasteiger partial charge in [0.15, 0.2) is 0 Å². The average Bonchev–Trinajstić information content (AvgIpc) is 2.41. The Kier molecular flexibility index (Phi) is 4.66. The minimum Gasteiger partial charge on any atom is -0.328 e. The molecule has 1 aromatic rings. The Hall–Kier alpha value is -1.13. The molecule has 108 valence electrons. The van der Waals surface area contributed by atoms with Gasteiger partial charge >= 0.3 is 0 Å². The van der Waals surface area contributed by atoms with Crippen LogP contribution in [0.25, 0.3) is 0 Å². The molecule has 1 aliphatic rings. The fourth-order valence-electron chi connectivity index (χ4n) is 2.28. The zero-order chi connectivity index (χ0) is 14.8. The van der Waals surface area contributed by atoms with Crippen LogP contribution in [-0.4, -0.2) is 20.5 Å². The standard InChI is InChI=1S/C13H16ClN3O2S/c14-13-6-5-12(7-9(13)8-15)20(18,19)17-11-3-1-10(16)2-4-11/h5-7,10-11,17H,1-4,16H2. The van der Waals surface area contributed by atoms with Gasteiger partial charge in [0.25, 0.3) is 0 Å². The first-order valence-corrected chi connectivity index (χ1v) is 8.26. The number of nitrogens with one attached hydrogen (secondary N) is 1. The fourth-order valence-corrected chi connectivity index (χ4v) is 3.77. The molecule has 0 atom stereocenters. The molecule has 1 aliphatic carbocycles. The fraction of sp³-hybridized carbons (Fsp3) is 0.462. The molecule has 20 heavy (non-hydrogen) atoms. The molecule has 0 radical (unpaired) electrons. The SMILES string of the molecule is N#Cc1cc(S(=O)(=O)NC2CCC(N)CC2)ccc1Cl. The molecule has 0 saturated heterocycles. The van der Waals surface area contributed by atoms with E-state index in [0.29, 0.717) is 0 Å². The lowest BCUT2D eigenvalue weighted by atomic mass is 9.93. The molecule has 0 amide bonds. The van der Waals surface area contributed by atoms with Gasteiger partial charge in [0.1, 0.15) is 6.07 Å². The van der Waals surface area contributed by atoms with Gasteiger partial charge in [-0.2, -0.15) is 5.26 Å². The third-order valence-corrected chi connectivity index (χ3v) is 5.31. The first-order valence-electron chi connectivity index (χ1n) is 6.40. The Morgan fingerprint density at radius 3 is 2.55 bits per heavy atom. The summed E-state index contributed by atoms with van der Waals surface area (Å²) in [5, 5.41) is 9.14. The van der Waals surface area contributed by atoms with Crippen LogP contribution in [0.5, 0.6) is 0 Å². The molecule has 0 aliphatic heterocycles. The molecule has 2 rings (SSSR count). The van der Waals surface area contributed by atoms with E-state index in [1.807, 2.05) is 6.07 Å². The topological polar surface area (TPSA) is 96.0 Å². The third kappa shape index (κ3) is 3.49. The smallest absolute Gasteiger partial charge is 0.240 e. The van der Waals surface area contributed by atoms with Crippen molar-refractivity contribution < 1.29 is 8.42 Å². The summed E-state index contributed by atoms with van der Waals surface area (Å²) >= 11 is 5.80. The maximum absolute atomic E-state index is 12.3. The van der Waals surface area contributed by atoms with E-state index in [-0.39, 0.29) is 27.6 Å². The van der Waals surface area contributed by atoms with Crippen molar-refractivity contribution in [3.63, 3.8) is 0 Å². The highest BCUT2D eigenvalue weighted by Gasteiger charge is 2.24. The average molecular weight is 314 g/mol. The van der Waals surface area contributed by atoms with Crippen LogP contribution >= 0.6 is 11.6 Å². The van der Waals surface area contributed by atoms with Crippen molar-refractivity contribution in [3.8, 4) is 6.07 Å². The molecule has 1 aromatic carbocycles. The Morgan fingerprint density at radius 2 is 1.95 bits per heavy atom. The van der Waals surface area contributed by atoms with Crippen molar-refractivity contribution >= 4 is 21.6 Å². The zero-order valence-electron chi connectivity index (χ0n) is 10.8. The van der Waals surface area contributed by atoms with Gasteiger partial charge in [0, 0.05) is 12.1 Å². The van der Waals surface area contributed by atoms with Gasteiger partial charge in [-0.1, -0.05) is 11.6 Å². The van der Waals surface area contributed by atoms with Crippen molar-refractivity contribution in [1.29, 1.82) is 5.26 Å². The second-order valence-electron chi connectivity index (χ2n) is 4.99. The van der Waals surface area contributed by atoms with Crippen molar-refractivity contribution in [2.24, 2.45) is 5.73 Å². The maximum Gasteiger partial charge on any atom is 0.240 e. The molecular weight excluding hydrogens is 298 g/mol. The highest BCUT2D eigenvalue weighted by Crippen LogP contribution is 2.22. The Bertz CT molecular complexity index is 632. The van der Waals surface area contributed by atoms with E-state index in [9.17, 15) is 8.42 Å². The number of halogens is 1. The summed E-state index contributed by atoms with van der Waals surface area (Å²) in [6, 6.07) is 6.06. The molecule has 0 aromatic heterocycles. The number of nitriles is 1. The van der Waals surface area contributed by atoms with Gasteiger partial charge in [-0.3, -0.25) is 0 Å². The molecule has 7 heteroatoms. The molecule has 0 bridgehead atoms. The number of nitrogens with two attached hydrogens (primary N) is 1. The minimum atomic E-state index is -3.63. The van der Waals surface area contributed by atoms with E-state index in [1.165, 1.54) is 18.2 Å². The molecule has 0 unspecified atom stereocenters. The van der Waals surface area contributed by atoms with Crippen molar-refractivity contribution in [2.75, 3.05) is 0 Å². The van der Waals surface area contributed by atoms with Gasteiger partial charge in [0.05, 0.1) is 15.5 Å². The Balaban J connectivity index is 2.16. The lowest BCUT2D eigenvalue weighted by Crippen LogP contribution is -2.40. The molecule has 1 saturated carbocycles. The van der Waals surface area contributed by atoms with Crippen LogP contribution in [0.3, 0.4) is 0 Å². The number of sulfonamides is 1. The second kappa shape index (κ2) is 6.10. The highest BCUT2D eigenvalue weighted by molar-refractivity contribution is 7.89. The van der Waals surface area contributed by atoms with Crippen LogP contribution in [0.4, 0.5) is 0 Å². The Labute approximate surface area is 123 Å². The van der Waals surface area contributed by atoms with Crippen LogP contribution < -0.4 is 10.5 Å². The first kappa shape index (κ1) is 15.3. The van der Waals surface area contributed by atoms with Crippen LogP contribution in [-0.2, 0) is 10.0 Å². The van der Waals surface area contributed by atoms with Crippen molar-refractivity contribution in [2.45, 2.75) is 42.7 Å². The first-order chi connectivity index (χ1) is 9.42. The second-order valence-corrected chi connectivity index (χ2v) is 7.11. The number of hydrogen-bond donors (Lipinski definition) is 2. The van der Waals surface area contributed by atoms with Gasteiger partial charge < -0.3 is 5.73 Å². The van der Waals surface area contributed by atoms with Crippen molar-refractivity contribution in [3.05, 3.63) is 28.8 Å². The summed E-state index contributed by atoms with van der Waals surface area (Å²) in [4.78, 5) is 0.0633. The quantitative estimate of drug-likeness (QED) is 0.888. The number of nitrogens with zero attached hydrogens (tertiary/aromatic N) is 1. The van der Waals surface area contributed by atoms with Crippen LogP contribution in [0.2, 0.25) is 5.02 Å². The summed E-state index contributed by atoms with van der Waals surface area (Å²) in [6.45, 7) is 0. The molecule has 1 fully saturated rings. The lowest BCUT2D eigenvalue weighted by molar-refractivity contribution is 0.373. The lowest BCUT2D eigenvalue weighted by Gasteiger charge is -2.26. The van der Waals surface area contributed by atoms with E-state index < -0.39 is 10.0 Å². The van der Waals surface area contributed by atoms with E-state index in [1.54, 1.807) is 0 Å². The number of benzene rings is 1. The number of hydrogen-bond acceptors (Lipinski definition) is 4. The van der Waals surface area contributed by atoms with E-state index in [4.69, 9.17) is 22.6 Å². The molecule has 3 N–H and O–H groups in total. The maximum atomic E-state index is 12.3. The molecular formula is C13H16ClN3O2S. The summed E-state index contributed by atoms with van der Waals surface area (Å²) < 4.78 is 27.2. The Morgan fingerprint density at radius 1 is 1.30 bits per heavy atom. The molecule has 0 heterocycles.